The third kappa shape index (κ3) is 3.51. The van der Waals surface area contributed by atoms with Crippen molar-refractivity contribution in [2.45, 2.75) is 58.3 Å². The minimum Gasteiger partial charge on any atom is -0.388 e. The highest BCUT2D eigenvalue weighted by Crippen LogP contribution is 2.46. The summed E-state index contributed by atoms with van der Waals surface area (Å²) in [5, 5.41) is 3.17. The normalized spacial score (nSPS) is 18.6. The van der Waals surface area contributed by atoms with Crippen LogP contribution >= 0.6 is 0 Å². The fourth-order valence-electron chi connectivity index (χ4n) is 3.93. The van der Waals surface area contributed by atoms with Gasteiger partial charge in [-0.25, -0.2) is 0 Å². The second-order valence-corrected chi connectivity index (χ2v) is 8.73. The lowest BCUT2D eigenvalue weighted by Crippen LogP contribution is -2.33. The first kappa shape index (κ1) is 17.8. The molecule has 0 amide bonds. The summed E-state index contributed by atoms with van der Waals surface area (Å²) in [6.45, 7) is 11.7. The summed E-state index contributed by atoms with van der Waals surface area (Å²) in [5.74, 6) is 0. The molecule has 0 atom stereocenters. The van der Waals surface area contributed by atoms with Gasteiger partial charge in [-0.05, 0) is 70.6 Å². The summed E-state index contributed by atoms with van der Waals surface area (Å²) in [4.78, 5) is 0. The lowest BCUT2D eigenvalue weighted by molar-refractivity contribution is 0.332. The first-order valence-corrected chi connectivity index (χ1v) is 9.34. The smallest absolute Gasteiger partial charge is 0.0337 e. The molecule has 2 aromatic rings. The largest absolute Gasteiger partial charge is 0.388 e. The Morgan fingerprint density at radius 1 is 0.880 bits per heavy atom. The number of benzene rings is 2. The molecule has 0 bridgehead atoms. The minimum absolute atomic E-state index is 0.261. The fraction of sp³-hybridized carbons (Fsp3) is 0.417. The molecule has 0 saturated heterocycles. The Hall–Kier alpha value is -2.02. The van der Waals surface area contributed by atoms with Gasteiger partial charge >= 0.3 is 0 Å². The molecule has 1 aliphatic carbocycles. The van der Waals surface area contributed by atoms with E-state index in [4.69, 9.17) is 0 Å². The Kier molecular flexibility index (Phi) is 4.53. The van der Waals surface area contributed by atoms with Crippen LogP contribution in [0.1, 0.15) is 69.7 Å². The van der Waals surface area contributed by atoms with Crippen molar-refractivity contribution >= 4 is 17.3 Å². The van der Waals surface area contributed by atoms with E-state index in [0.717, 1.165) is 5.69 Å². The Morgan fingerprint density at radius 3 is 2.08 bits per heavy atom. The third-order valence-electron chi connectivity index (χ3n) is 5.89. The average Bonchev–Trinajstić information content (AvgIpc) is 2.59. The SMILES string of the molecule is CNc1ccc(/C(C)=C\c2ccc3c(c2)C(C)(C)CCC3(C)C)cc1. The van der Waals surface area contributed by atoms with Gasteiger partial charge in [0.1, 0.15) is 0 Å². The Labute approximate surface area is 153 Å². The van der Waals surface area contributed by atoms with Crippen LogP contribution in [0.25, 0.3) is 11.6 Å². The second-order valence-electron chi connectivity index (χ2n) is 8.73. The first-order valence-electron chi connectivity index (χ1n) is 9.34. The quantitative estimate of drug-likeness (QED) is 0.621. The summed E-state index contributed by atoms with van der Waals surface area (Å²) < 4.78 is 0. The second kappa shape index (κ2) is 6.37. The highest BCUT2D eigenvalue weighted by atomic mass is 14.8. The van der Waals surface area contributed by atoms with Gasteiger partial charge in [-0.15, -0.1) is 0 Å². The molecular formula is C24H31N. The first-order chi connectivity index (χ1) is 11.7. The van der Waals surface area contributed by atoms with Crippen molar-refractivity contribution in [2.75, 3.05) is 12.4 Å². The summed E-state index contributed by atoms with van der Waals surface area (Å²) in [6.07, 6.45) is 4.83. The molecule has 25 heavy (non-hydrogen) atoms. The van der Waals surface area contributed by atoms with Gasteiger partial charge in [0.15, 0.2) is 0 Å². The zero-order valence-corrected chi connectivity index (χ0v) is 16.5. The van der Waals surface area contributed by atoms with Gasteiger partial charge in [0.05, 0.1) is 0 Å². The summed E-state index contributed by atoms with van der Waals surface area (Å²) in [5.41, 5.74) is 8.62. The van der Waals surface area contributed by atoms with E-state index in [0.29, 0.717) is 0 Å². The summed E-state index contributed by atoms with van der Waals surface area (Å²) in [7, 11) is 1.95. The Balaban J connectivity index is 1.98. The predicted molar refractivity (Wildman–Crippen MR) is 111 cm³/mol. The molecule has 0 aliphatic heterocycles. The van der Waals surface area contributed by atoms with Crippen molar-refractivity contribution in [3.8, 4) is 0 Å². The monoisotopic (exact) mass is 333 g/mol. The zero-order valence-electron chi connectivity index (χ0n) is 16.5. The lowest BCUT2D eigenvalue weighted by atomic mass is 9.63. The van der Waals surface area contributed by atoms with Crippen molar-refractivity contribution in [2.24, 2.45) is 0 Å². The van der Waals surface area contributed by atoms with Crippen molar-refractivity contribution < 1.29 is 0 Å². The average molecular weight is 334 g/mol. The predicted octanol–water partition coefficient (Wildman–Crippen LogP) is 6.64. The van der Waals surface area contributed by atoms with Crippen LogP contribution < -0.4 is 5.32 Å². The fourth-order valence-corrected chi connectivity index (χ4v) is 3.93. The van der Waals surface area contributed by atoms with E-state index in [1.165, 1.54) is 40.7 Å². The van der Waals surface area contributed by atoms with Gasteiger partial charge in [-0.3, -0.25) is 0 Å². The van der Waals surface area contributed by atoms with Crippen LogP contribution in [-0.2, 0) is 10.8 Å². The summed E-state index contributed by atoms with van der Waals surface area (Å²) >= 11 is 0. The molecule has 1 aliphatic rings. The molecule has 132 valence electrons. The number of allylic oxidation sites excluding steroid dienone is 1. The molecule has 0 spiro atoms. The standard InChI is InChI=1S/C24H31N/c1-17(19-8-10-20(25-6)11-9-19)15-18-7-12-21-22(16-18)24(4,5)14-13-23(21,2)3/h7-12,15-16,25H,13-14H2,1-6H3/b17-15-. The molecular weight excluding hydrogens is 302 g/mol. The molecule has 0 heterocycles. The van der Waals surface area contributed by atoms with E-state index in [-0.39, 0.29) is 10.8 Å². The van der Waals surface area contributed by atoms with Crippen LogP contribution in [0.4, 0.5) is 5.69 Å². The maximum Gasteiger partial charge on any atom is 0.0337 e. The number of fused-ring (bicyclic) bond motifs is 1. The van der Waals surface area contributed by atoms with Gasteiger partial charge in [0.25, 0.3) is 0 Å². The molecule has 0 aromatic heterocycles. The van der Waals surface area contributed by atoms with E-state index in [1.807, 2.05) is 7.05 Å². The molecule has 0 radical (unpaired) electrons. The van der Waals surface area contributed by atoms with Crippen molar-refractivity contribution in [1.82, 2.24) is 0 Å². The van der Waals surface area contributed by atoms with Crippen molar-refractivity contribution in [3.63, 3.8) is 0 Å². The topological polar surface area (TPSA) is 12.0 Å². The minimum atomic E-state index is 0.261. The molecule has 0 saturated carbocycles. The van der Waals surface area contributed by atoms with Crippen LogP contribution in [-0.4, -0.2) is 7.05 Å². The highest BCUT2D eigenvalue weighted by Gasteiger charge is 2.36. The van der Waals surface area contributed by atoms with Gasteiger partial charge in [-0.1, -0.05) is 64.1 Å². The van der Waals surface area contributed by atoms with E-state index in [9.17, 15) is 0 Å². The molecule has 1 N–H and O–H groups in total. The number of anilines is 1. The van der Waals surface area contributed by atoms with Gasteiger partial charge in [0.2, 0.25) is 0 Å². The Morgan fingerprint density at radius 2 is 1.48 bits per heavy atom. The van der Waals surface area contributed by atoms with Gasteiger partial charge in [-0.2, -0.15) is 0 Å². The summed E-state index contributed by atoms with van der Waals surface area (Å²) in [6, 6.07) is 15.7. The van der Waals surface area contributed by atoms with Crippen molar-refractivity contribution in [3.05, 3.63) is 64.7 Å². The van der Waals surface area contributed by atoms with E-state index in [2.05, 4.69) is 88.5 Å². The maximum absolute atomic E-state index is 3.17. The molecule has 1 heteroatoms. The number of hydrogen-bond donors (Lipinski definition) is 1. The van der Waals surface area contributed by atoms with Crippen LogP contribution in [0, 0.1) is 0 Å². The number of hydrogen-bond acceptors (Lipinski definition) is 1. The molecule has 0 unspecified atom stereocenters. The van der Waals surface area contributed by atoms with Crippen LogP contribution in [0.2, 0.25) is 0 Å². The van der Waals surface area contributed by atoms with Gasteiger partial charge in [0, 0.05) is 12.7 Å². The molecule has 3 rings (SSSR count). The van der Waals surface area contributed by atoms with Crippen LogP contribution in [0.5, 0.6) is 0 Å². The number of nitrogens with one attached hydrogen (secondary N) is 1. The zero-order chi connectivity index (χ0) is 18.2. The lowest BCUT2D eigenvalue weighted by Gasteiger charge is -2.42. The van der Waals surface area contributed by atoms with Crippen LogP contribution in [0.3, 0.4) is 0 Å². The third-order valence-corrected chi connectivity index (χ3v) is 5.89. The number of rotatable bonds is 3. The maximum atomic E-state index is 3.17. The van der Waals surface area contributed by atoms with Crippen LogP contribution in [0.15, 0.2) is 42.5 Å². The Bertz CT molecular complexity index is 791. The van der Waals surface area contributed by atoms with E-state index < -0.39 is 0 Å². The van der Waals surface area contributed by atoms with E-state index >= 15 is 0 Å². The molecule has 2 aromatic carbocycles. The highest BCUT2D eigenvalue weighted by molar-refractivity contribution is 5.81. The van der Waals surface area contributed by atoms with Crippen molar-refractivity contribution in [1.29, 1.82) is 0 Å². The van der Waals surface area contributed by atoms with Gasteiger partial charge < -0.3 is 5.32 Å². The molecule has 1 nitrogen and oxygen atoms in total. The van der Waals surface area contributed by atoms with E-state index in [1.54, 1.807) is 0 Å². The molecule has 0 fully saturated rings.